The van der Waals surface area contributed by atoms with E-state index >= 15 is 0 Å². The summed E-state index contributed by atoms with van der Waals surface area (Å²) >= 11 is 6.63. The first-order valence-electron chi connectivity index (χ1n) is 9.99. The summed E-state index contributed by atoms with van der Waals surface area (Å²) in [5.74, 6) is 0.0710. The van der Waals surface area contributed by atoms with E-state index in [0.717, 1.165) is 53.6 Å². The second-order valence-corrected chi connectivity index (χ2v) is 8.12. The molecule has 1 aromatic carbocycles. The van der Waals surface area contributed by atoms with Gasteiger partial charge in [0.15, 0.2) is 0 Å². The predicted molar refractivity (Wildman–Crippen MR) is 112 cm³/mol. The Labute approximate surface area is 170 Å². The van der Waals surface area contributed by atoms with Gasteiger partial charge in [0, 0.05) is 31.4 Å². The maximum Gasteiger partial charge on any atom is 0.220 e. The lowest BCUT2D eigenvalue weighted by Gasteiger charge is -2.34. The molecule has 0 radical (unpaired) electrons. The van der Waals surface area contributed by atoms with E-state index in [1.165, 1.54) is 5.56 Å². The van der Waals surface area contributed by atoms with Gasteiger partial charge in [-0.15, -0.1) is 0 Å². The monoisotopic (exact) mass is 399 g/mol. The topological polar surface area (TPSA) is 65.5 Å². The molecule has 0 saturated carbocycles. The van der Waals surface area contributed by atoms with Crippen LogP contribution in [0.5, 0.6) is 0 Å². The van der Waals surface area contributed by atoms with Crippen LogP contribution < -0.4 is 10.2 Å². The largest absolute Gasteiger partial charge is 0.374 e. The molecule has 2 unspecified atom stereocenters. The van der Waals surface area contributed by atoms with Gasteiger partial charge in [-0.1, -0.05) is 18.5 Å². The number of benzene rings is 1. The molecule has 6 heteroatoms. The number of halogens is 1. The molecule has 5 nitrogen and oxygen atoms in total. The van der Waals surface area contributed by atoms with Crippen LogP contribution in [0.1, 0.15) is 55.3 Å². The highest BCUT2D eigenvalue weighted by Gasteiger charge is 2.27. The number of fused-ring (bicyclic) bond motifs is 2. The highest BCUT2D eigenvalue weighted by molar-refractivity contribution is 6.33. The normalized spacial score (nSPS) is 21.1. The second-order valence-electron chi connectivity index (χ2n) is 7.72. The lowest BCUT2D eigenvalue weighted by atomic mass is 9.84. The molecular weight excluding hydrogens is 374 g/mol. The molecule has 148 valence electrons. The fourth-order valence-electron chi connectivity index (χ4n) is 4.44. The van der Waals surface area contributed by atoms with Gasteiger partial charge in [0.1, 0.15) is 6.23 Å². The fraction of sp³-hybridized carbons (Fsp3) is 0.455. The number of pyridine rings is 1. The van der Waals surface area contributed by atoms with Crippen LogP contribution in [0.15, 0.2) is 24.5 Å². The van der Waals surface area contributed by atoms with E-state index in [1.54, 1.807) is 0 Å². The molecule has 1 aliphatic heterocycles. The Balaban J connectivity index is 1.76. The Morgan fingerprint density at radius 3 is 2.93 bits per heavy atom. The quantitative estimate of drug-likeness (QED) is 0.818. The van der Waals surface area contributed by atoms with Crippen molar-refractivity contribution in [1.82, 2.24) is 10.3 Å². The van der Waals surface area contributed by atoms with Crippen LogP contribution in [0.25, 0.3) is 11.1 Å². The minimum Gasteiger partial charge on any atom is -0.374 e. The molecule has 2 atom stereocenters. The molecule has 0 saturated heterocycles. The van der Waals surface area contributed by atoms with E-state index in [1.807, 2.05) is 37.3 Å². The molecule has 0 fully saturated rings. The number of rotatable bonds is 3. The average molecular weight is 400 g/mol. The summed E-state index contributed by atoms with van der Waals surface area (Å²) in [5, 5.41) is 13.9. The van der Waals surface area contributed by atoms with Crippen molar-refractivity contribution in [3.05, 3.63) is 46.2 Å². The zero-order valence-corrected chi connectivity index (χ0v) is 17.1. The maximum absolute atomic E-state index is 11.9. The summed E-state index contributed by atoms with van der Waals surface area (Å²) in [6.07, 6.45) is 8.22. The van der Waals surface area contributed by atoms with Crippen molar-refractivity contribution in [3.63, 3.8) is 0 Å². The maximum atomic E-state index is 11.9. The molecule has 2 N–H and O–H groups in total. The summed E-state index contributed by atoms with van der Waals surface area (Å²) in [7, 11) is 1.88. The van der Waals surface area contributed by atoms with E-state index in [0.29, 0.717) is 17.9 Å². The molecule has 0 bridgehead atoms. The van der Waals surface area contributed by atoms with Gasteiger partial charge in [0.2, 0.25) is 5.91 Å². The van der Waals surface area contributed by atoms with Crippen molar-refractivity contribution in [2.45, 2.75) is 57.7 Å². The molecule has 0 spiro atoms. The first kappa shape index (κ1) is 19.2. The third-order valence-corrected chi connectivity index (χ3v) is 6.26. The number of nitrogens with zero attached hydrogens (tertiary/aromatic N) is 2. The fourth-order valence-corrected chi connectivity index (χ4v) is 4.81. The first-order valence-corrected chi connectivity index (χ1v) is 10.4. The SMILES string of the molecule is CCC(=O)NC1CCCc2c(-c3cc(Cl)c4c(c3)CCC(O)N4C)cncc21. The number of aliphatic hydroxyl groups is 1. The third-order valence-electron chi connectivity index (χ3n) is 5.97. The van der Waals surface area contributed by atoms with E-state index < -0.39 is 6.23 Å². The summed E-state index contributed by atoms with van der Waals surface area (Å²) in [5.41, 5.74) is 6.58. The smallest absolute Gasteiger partial charge is 0.220 e. The number of aryl methyl sites for hydroxylation is 1. The number of anilines is 1. The zero-order chi connectivity index (χ0) is 19.8. The van der Waals surface area contributed by atoms with Gasteiger partial charge in [-0.05, 0) is 66.5 Å². The Kier molecular flexibility index (Phi) is 5.30. The Morgan fingerprint density at radius 1 is 1.32 bits per heavy atom. The number of carbonyl (C=O) groups excluding carboxylic acids is 1. The Morgan fingerprint density at radius 2 is 2.14 bits per heavy atom. The van der Waals surface area contributed by atoms with Gasteiger partial charge < -0.3 is 15.3 Å². The van der Waals surface area contributed by atoms with Crippen LogP contribution in [0.3, 0.4) is 0 Å². The molecule has 2 aromatic rings. The lowest BCUT2D eigenvalue weighted by Crippen LogP contribution is -2.36. The van der Waals surface area contributed by atoms with Crippen molar-refractivity contribution in [1.29, 1.82) is 0 Å². The second kappa shape index (κ2) is 7.72. The van der Waals surface area contributed by atoms with Gasteiger partial charge >= 0.3 is 0 Å². The standard InChI is InChI=1S/C22H26ClN3O2/c1-3-20(27)25-19-6-4-5-15-16(11-24-12-17(15)19)14-9-13-7-8-21(28)26(2)22(13)18(23)10-14/h9-12,19,21,28H,3-8H2,1-2H3,(H,25,27). The van der Waals surface area contributed by atoms with Gasteiger partial charge in [-0.2, -0.15) is 0 Å². The molecule has 2 heterocycles. The molecule has 28 heavy (non-hydrogen) atoms. The van der Waals surface area contributed by atoms with Crippen LogP contribution in [-0.4, -0.2) is 29.3 Å². The summed E-state index contributed by atoms with van der Waals surface area (Å²) < 4.78 is 0. The van der Waals surface area contributed by atoms with Crippen LogP contribution in [0.4, 0.5) is 5.69 Å². The zero-order valence-electron chi connectivity index (χ0n) is 16.3. The first-order chi connectivity index (χ1) is 13.5. The molecule has 2 aliphatic rings. The summed E-state index contributed by atoms with van der Waals surface area (Å²) in [6.45, 7) is 1.87. The van der Waals surface area contributed by atoms with E-state index in [4.69, 9.17) is 11.6 Å². The Hall–Kier alpha value is -2.11. The highest BCUT2D eigenvalue weighted by atomic mass is 35.5. The number of nitrogens with one attached hydrogen (secondary N) is 1. The molecule has 1 amide bonds. The molecule has 1 aliphatic carbocycles. The summed E-state index contributed by atoms with van der Waals surface area (Å²) in [6, 6.07) is 4.17. The van der Waals surface area contributed by atoms with E-state index in [-0.39, 0.29) is 11.9 Å². The van der Waals surface area contributed by atoms with Crippen LogP contribution in [0, 0.1) is 0 Å². The molecule has 1 aromatic heterocycles. The van der Waals surface area contributed by atoms with Gasteiger partial charge in [-0.3, -0.25) is 9.78 Å². The minimum atomic E-state index is -0.495. The average Bonchev–Trinajstić information content (AvgIpc) is 2.70. The number of hydrogen-bond donors (Lipinski definition) is 2. The highest BCUT2D eigenvalue weighted by Crippen LogP contribution is 2.41. The number of aromatic nitrogens is 1. The van der Waals surface area contributed by atoms with Crippen molar-refractivity contribution in [3.8, 4) is 11.1 Å². The van der Waals surface area contributed by atoms with Crippen LogP contribution in [-0.2, 0) is 17.6 Å². The number of carbonyl (C=O) groups is 1. The van der Waals surface area contributed by atoms with E-state index in [2.05, 4.69) is 16.4 Å². The predicted octanol–water partition coefficient (Wildman–Crippen LogP) is 4.01. The van der Waals surface area contributed by atoms with Crippen molar-refractivity contribution < 1.29 is 9.90 Å². The molecule has 4 rings (SSSR count). The molecular formula is C22H26ClN3O2. The Bertz CT molecular complexity index is 915. The lowest BCUT2D eigenvalue weighted by molar-refractivity contribution is -0.121. The minimum absolute atomic E-state index is 0.0260. The van der Waals surface area contributed by atoms with Gasteiger partial charge in [0.05, 0.1) is 16.8 Å². The van der Waals surface area contributed by atoms with Crippen molar-refractivity contribution >= 4 is 23.2 Å². The number of aliphatic hydroxyl groups excluding tert-OH is 1. The van der Waals surface area contributed by atoms with Gasteiger partial charge in [0.25, 0.3) is 0 Å². The number of amides is 1. The third kappa shape index (κ3) is 3.38. The number of hydrogen-bond acceptors (Lipinski definition) is 4. The van der Waals surface area contributed by atoms with Crippen molar-refractivity contribution in [2.24, 2.45) is 0 Å². The van der Waals surface area contributed by atoms with Crippen LogP contribution >= 0.6 is 11.6 Å². The van der Waals surface area contributed by atoms with Crippen molar-refractivity contribution in [2.75, 3.05) is 11.9 Å². The van der Waals surface area contributed by atoms with E-state index in [9.17, 15) is 9.90 Å². The van der Waals surface area contributed by atoms with Crippen LogP contribution in [0.2, 0.25) is 5.02 Å². The van der Waals surface area contributed by atoms with Gasteiger partial charge in [-0.25, -0.2) is 0 Å². The summed E-state index contributed by atoms with van der Waals surface area (Å²) in [4.78, 5) is 18.3.